The minimum atomic E-state index is -3.68. The van der Waals surface area contributed by atoms with E-state index in [1.54, 1.807) is 146 Å². The van der Waals surface area contributed by atoms with Crippen molar-refractivity contribution >= 4 is 54.3 Å². The summed E-state index contributed by atoms with van der Waals surface area (Å²) in [6.45, 7) is 23.8. The third kappa shape index (κ3) is 27.5. The van der Waals surface area contributed by atoms with Gasteiger partial charge < -0.3 is 54.3 Å². The molecule has 0 saturated heterocycles. The second-order valence-electron chi connectivity index (χ2n) is 24.7. The summed E-state index contributed by atoms with van der Waals surface area (Å²) in [6, 6.07) is 88.2. The van der Waals surface area contributed by atoms with E-state index in [-0.39, 0.29) is 23.1 Å². The Hall–Kier alpha value is -10.1. The van der Waals surface area contributed by atoms with Crippen molar-refractivity contribution in [2.24, 2.45) is 0 Å². The summed E-state index contributed by atoms with van der Waals surface area (Å²) < 4.78 is 113. The Balaban J connectivity index is 0.000000176. The molecule has 536 valence electrons. The van der Waals surface area contributed by atoms with E-state index in [9.17, 15) is 18.3 Å². The van der Waals surface area contributed by atoms with Gasteiger partial charge in [-0.05, 0) is 229 Å². The first kappa shape index (κ1) is 80.6. The van der Waals surface area contributed by atoms with Crippen LogP contribution in [0, 0.1) is 83.1 Å². The Morgan fingerprint density at radius 1 is 0.133 bits per heavy atom. The first-order chi connectivity index (χ1) is 49.7. The fraction of sp³-hybridized carbons (Fsp3) is 0.143. The van der Waals surface area contributed by atoms with E-state index in [0.717, 1.165) is 66.8 Å². The number of benzene rings is 12. The van der Waals surface area contributed by atoms with Crippen molar-refractivity contribution < 1.29 is 72.5 Å². The summed E-state index contributed by atoms with van der Waals surface area (Å²) in [7, 11) is -14.7. The Labute approximate surface area is 632 Å². The second-order valence-corrected chi connectivity index (χ2v) is 30.7. The predicted octanol–water partition coefficient (Wildman–Crippen LogP) is 24.4. The molecule has 16 nitrogen and oxygen atoms in total. The Kier molecular flexibility index (Phi) is 29.2. The fourth-order valence-electron chi connectivity index (χ4n) is 9.01. The van der Waals surface area contributed by atoms with Crippen LogP contribution in [0.4, 0.5) is 0 Å². The molecule has 0 aliphatic carbocycles. The number of rotatable bonds is 24. The van der Waals surface area contributed by atoms with Crippen molar-refractivity contribution in [1.82, 2.24) is 0 Å². The molecular formula is C84H88MgO16P4+6. The largest absolute Gasteiger partial charge is 2.00 e. The molecule has 12 rings (SSSR count). The maximum absolute atomic E-state index is 11.0. The van der Waals surface area contributed by atoms with Gasteiger partial charge in [-0.15, -0.1) is 0 Å². The molecule has 0 unspecified atom stereocenters. The van der Waals surface area contributed by atoms with Crippen LogP contribution in [0.25, 0.3) is 0 Å². The molecule has 0 spiro atoms. The average Bonchev–Trinajstić information content (AvgIpc) is 0.843. The Morgan fingerprint density at radius 3 is 0.248 bits per heavy atom. The third-order valence-corrected chi connectivity index (χ3v) is 20.2. The summed E-state index contributed by atoms with van der Waals surface area (Å²) in [4.78, 5) is 0. The van der Waals surface area contributed by atoms with Crippen LogP contribution in [0.2, 0.25) is 0 Å². The van der Waals surface area contributed by atoms with Gasteiger partial charge in [-0.1, -0.05) is 212 Å². The third-order valence-electron chi connectivity index (χ3n) is 14.9. The average molecular weight is 1500 g/mol. The zero-order chi connectivity index (χ0) is 74.3. The van der Waals surface area contributed by atoms with Crippen molar-refractivity contribution in [2.75, 3.05) is 0 Å². The van der Waals surface area contributed by atoms with Crippen molar-refractivity contribution in [2.45, 2.75) is 83.1 Å². The SMILES string of the molecule is Cc1ccc(OP(=[OH+])(Oc2ccc(C)cc2)Oc2ccc(C)cc2)cc1.Cc1ccc(OP(=[OH+])(Oc2ccc(C)cc2)Oc2ccc(C)cc2)cc1.Cc1ccc(OP(=[OH+])(Oc2ccc(C)cc2)Oc2ccc(C)cc2)cc1.Cc1ccc(OP(=[OH+])(Oc2ccc(C)cc2)Oc2ccc(C)cc2)cc1.[Mg+2]. The number of hydrogen-bond donors (Lipinski definition) is 0. The molecule has 4 N–H and O–H groups in total. The monoisotopic (exact) mass is 1500 g/mol. The summed E-state index contributed by atoms with van der Waals surface area (Å²) in [5, 5.41) is 0. The Bertz CT molecular complexity index is 3750. The van der Waals surface area contributed by atoms with Gasteiger partial charge in [0.2, 0.25) is 0 Å². The van der Waals surface area contributed by atoms with E-state index in [4.69, 9.17) is 54.3 Å². The maximum Gasteiger partial charge on any atom is 2.00 e. The van der Waals surface area contributed by atoms with Crippen molar-refractivity contribution in [3.8, 4) is 69.0 Å². The molecule has 0 heterocycles. The molecule has 0 aliphatic rings. The minimum absolute atomic E-state index is 0. The summed E-state index contributed by atoms with van der Waals surface area (Å²) in [5.41, 5.74) is 13.1. The molecule has 0 aromatic heterocycles. The first-order valence-electron chi connectivity index (χ1n) is 33.3. The number of hydrogen-bond acceptors (Lipinski definition) is 12. The normalized spacial score (nSPS) is 10.9. The smallest absolute Gasteiger partial charge is 0.344 e. The van der Waals surface area contributed by atoms with Gasteiger partial charge in [0.15, 0.2) is 0 Å². The first-order valence-corrected chi connectivity index (χ1v) is 39.3. The second kappa shape index (κ2) is 38.1. The van der Waals surface area contributed by atoms with Gasteiger partial charge in [-0.3, -0.25) is 0 Å². The van der Waals surface area contributed by atoms with Crippen LogP contribution in [-0.4, -0.2) is 41.3 Å². The van der Waals surface area contributed by atoms with Gasteiger partial charge >= 0.3 is 54.3 Å². The van der Waals surface area contributed by atoms with Crippen LogP contribution in [0.3, 0.4) is 0 Å². The van der Waals surface area contributed by atoms with Gasteiger partial charge in [0.1, 0.15) is 69.0 Å². The van der Waals surface area contributed by atoms with E-state index in [0.29, 0.717) is 69.0 Å². The topological polar surface area (TPSA) is 196 Å². The van der Waals surface area contributed by atoms with Crippen molar-refractivity contribution in [3.63, 3.8) is 0 Å². The van der Waals surface area contributed by atoms with Gasteiger partial charge in [0.25, 0.3) is 0 Å². The van der Waals surface area contributed by atoms with Crippen LogP contribution in [0.5, 0.6) is 69.0 Å². The van der Waals surface area contributed by atoms with E-state index < -0.39 is 31.3 Å². The van der Waals surface area contributed by atoms with Gasteiger partial charge in [-0.2, -0.15) is 0 Å². The zero-order valence-corrected chi connectivity index (χ0v) is 65.9. The molecule has 0 radical (unpaired) electrons. The van der Waals surface area contributed by atoms with E-state index in [1.165, 1.54) is 0 Å². The van der Waals surface area contributed by atoms with E-state index >= 15 is 0 Å². The molecule has 21 heteroatoms. The minimum Gasteiger partial charge on any atom is -0.344 e. The van der Waals surface area contributed by atoms with Crippen LogP contribution in [-0.2, 0) is 0 Å². The van der Waals surface area contributed by atoms with Crippen LogP contribution >= 0.6 is 31.3 Å². The zero-order valence-electron chi connectivity index (χ0n) is 60.9. The van der Waals surface area contributed by atoms with Crippen LogP contribution in [0.1, 0.15) is 66.8 Å². The van der Waals surface area contributed by atoms with Crippen LogP contribution < -0.4 is 54.3 Å². The van der Waals surface area contributed by atoms with Crippen LogP contribution in [0.15, 0.2) is 291 Å². The van der Waals surface area contributed by atoms with Gasteiger partial charge in [-0.25, -0.2) is 18.3 Å². The summed E-state index contributed by atoms with van der Waals surface area (Å²) in [6.07, 6.45) is 0. The summed E-state index contributed by atoms with van der Waals surface area (Å²) >= 11 is 0. The van der Waals surface area contributed by atoms with Crippen molar-refractivity contribution in [1.29, 1.82) is 0 Å². The molecule has 0 aliphatic heterocycles. The predicted molar refractivity (Wildman–Crippen MR) is 423 cm³/mol. The molecule has 0 fully saturated rings. The molecule has 105 heavy (non-hydrogen) atoms. The summed E-state index contributed by atoms with van der Waals surface area (Å²) in [5.74, 6) is 5.73. The number of aryl methyl sites for hydroxylation is 12. The molecule has 0 amide bonds. The fourth-order valence-corrected chi connectivity index (χ4v) is 14.1. The molecule has 12 aromatic carbocycles. The molecule has 12 aromatic rings. The Morgan fingerprint density at radius 2 is 0.190 bits per heavy atom. The van der Waals surface area contributed by atoms with E-state index in [1.807, 2.05) is 229 Å². The van der Waals surface area contributed by atoms with Gasteiger partial charge in [0, 0.05) is 0 Å². The van der Waals surface area contributed by atoms with Gasteiger partial charge in [0.05, 0.1) is 0 Å². The van der Waals surface area contributed by atoms with Crippen molar-refractivity contribution in [3.05, 3.63) is 358 Å². The molecule has 0 saturated carbocycles. The standard InChI is InChI=1S/4C21H21O4P.Mg/c4*1-16-4-10-19(11-5-16)23-26(22,24-20-12-6-17(2)7-13-20)25-21-14-8-18(3)9-15-21;/h4*4-15H,1-3H3;/q;;;;+2/p+4. The quantitative estimate of drug-likeness (QED) is 0.0316. The van der Waals surface area contributed by atoms with E-state index in [2.05, 4.69) is 0 Å². The molecule has 0 bridgehead atoms. The molecular weight excluding hydrogens is 1410 g/mol. The maximum atomic E-state index is 11.0. The molecule has 0 atom stereocenters.